The molecule has 0 radical (unpaired) electrons. The molecule has 0 unspecified atom stereocenters. The summed E-state index contributed by atoms with van der Waals surface area (Å²) in [5.74, 6) is -0.00913. The third kappa shape index (κ3) is 2.27. The normalized spacial score (nSPS) is 10.1. The molecule has 5 nitrogen and oxygen atoms in total. The fourth-order valence-electron chi connectivity index (χ4n) is 1.48. The molecule has 3 N–H and O–H groups in total. The molecule has 1 heterocycles. The Kier molecular flexibility index (Phi) is 3.18. The van der Waals surface area contributed by atoms with E-state index in [2.05, 4.69) is 9.97 Å². The first-order valence-electron chi connectivity index (χ1n) is 5.24. The van der Waals surface area contributed by atoms with Crippen molar-refractivity contribution in [1.82, 2.24) is 9.97 Å². The number of aromatic nitrogens is 2. The van der Waals surface area contributed by atoms with Gasteiger partial charge in [-0.3, -0.25) is 5.41 Å². The maximum absolute atomic E-state index is 13.6. The van der Waals surface area contributed by atoms with Crippen molar-refractivity contribution in [2.75, 3.05) is 11.9 Å². The van der Waals surface area contributed by atoms with Crippen LogP contribution in [0.15, 0.2) is 36.7 Å². The molecular weight excluding hydrogens is 233 g/mol. The number of benzene rings is 1. The van der Waals surface area contributed by atoms with Crippen molar-refractivity contribution in [1.29, 1.82) is 5.41 Å². The average Bonchev–Trinajstić information content (AvgIpc) is 2.38. The van der Waals surface area contributed by atoms with Gasteiger partial charge in [-0.2, -0.15) is 0 Å². The number of nitrogens with one attached hydrogen (secondary N) is 1. The Balaban J connectivity index is 2.32. The predicted molar refractivity (Wildman–Crippen MR) is 67.5 cm³/mol. The molecule has 0 amide bonds. The van der Waals surface area contributed by atoms with E-state index in [9.17, 15) is 4.39 Å². The van der Waals surface area contributed by atoms with Crippen LogP contribution in [0.3, 0.4) is 0 Å². The number of anilines is 2. The predicted octanol–water partition coefficient (Wildman–Crippen LogP) is 1.67. The summed E-state index contributed by atoms with van der Waals surface area (Å²) in [5, 5.41) is 7.21. The summed E-state index contributed by atoms with van der Waals surface area (Å²) >= 11 is 0. The number of amidine groups is 1. The quantitative estimate of drug-likeness (QED) is 0.636. The number of hydrogen-bond donors (Lipinski definition) is 2. The second-order valence-corrected chi connectivity index (χ2v) is 3.68. The van der Waals surface area contributed by atoms with E-state index in [4.69, 9.17) is 11.1 Å². The highest BCUT2D eigenvalue weighted by Gasteiger charge is 2.10. The largest absolute Gasteiger partial charge is 0.382 e. The molecule has 18 heavy (non-hydrogen) atoms. The maximum atomic E-state index is 13.6. The van der Waals surface area contributed by atoms with E-state index >= 15 is 0 Å². The fraction of sp³-hybridized carbons (Fsp3) is 0.0833. The summed E-state index contributed by atoms with van der Waals surface area (Å²) in [7, 11) is 1.69. The number of para-hydroxylation sites is 1. The van der Waals surface area contributed by atoms with Crippen molar-refractivity contribution in [2.45, 2.75) is 0 Å². The summed E-state index contributed by atoms with van der Waals surface area (Å²) in [5.41, 5.74) is 5.98. The van der Waals surface area contributed by atoms with Crippen molar-refractivity contribution in [3.63, 3.8) is 0 Å². The van der Waals surface area contributed by atoms with Gasteiger partial charge in [0, 0.05) is 7.05 Å². The van der Waals surface area contributed by atoms with Gasteiger partial charge in [-0.05, 0) is 12.1 Å². The van der Waals surface area contributed by atoms with Crippen LogP contribution in [-0.2, 0) is 0 Å². The molecule has 2 aromatic rings. The Hall–Kier alpha value is -2.50. The highest BCUT2D eigenvalue weighted by atomic mass is 19.1. The van der Waals surface area contributed by atoms with Gasteiger partial charge in [0.15, 0.2) is 5.82 Å². The van der Waals surface area contributed by atoms with Crippen molar-refractivity contribution in [2.24, 2.45) is 5.73 Å². The van der Waals surface area contributed by atoms with Gasteiger partial charge in [-0.25, -0.2) is 14.4 Å². The van der Waals surface area contributed by atoms with Crippen LogP contribution in [0.25, 0.3) is 0 Å². The highest BCUT2D eigenvalue weighted by molar-refractivity contribution is 5.92. The molecule has 0 fully saturated rings. The molecular formula is C12H12FN5. The zero-order chi connectivity index (χ0) is 13.1. The van der Waals surface area contributed by atoms with Crippen LogP contribution in [0.2, 0.25) is 0 Å². The van der Waals surface area contributed by atoms with E-state index in [1.165, 1.54) is 18.5 Å². The molecule has 0 aliphatic carbocycles. The van der Waals surface area contributed by atoms with Gasteiger partial charge >= 0.3 is 0 Å². The van der Waals surface area contributed by atoms with Gasteiger partial charge in [0.05, 0.1) is 18.1 Å². The molecule has 0 aliphatic heterocycles. The molecule has 0 spiro atoms. The summed E-state index contributed by atoms with van der Waals surface area (Å²) in [6, 6.07) is 6.39. The molecule has 0 aliphatic rings. The zero-order valence-electron chi connectivity index (χ0n) is 9.76. The van der Waals surface area contributed by atoms with E-state index < -0.39 is 0 Å². The number of hydrogen-bond acceptors (Lipinski definition) is 4. The van der Waals surface area contributed by atoms with E-state index in [1.54, 1.807) is 30.1 Å². The van der Waals surface area contributed by atoms with Crippen LogP contribution in [0.4, 0.5) is 15.9 Å². The summed E-state index contributed by atoms with van der Waals surface area (Å²) in [6.07, 6.45) is 2.83. The third-order valence-corrected chi connectivity index (χ3v) is 2.47. The van der Waals surface area contributed by atoms with Crippen LogP contribution in [0, 0.1) is 11.2 Å². The molecule has 1 aromatic carbocycles. The monoisotopic (exact) mass is 245 g/mol. The first-order chi connectivity index (χ1) is 8.59. The third-order valence-electron chi connectivity index (χ3n) is 2.47. The van der Waals surface area contributed by atoms with Gasteiger partial charge in [0.2, 0.25) is 0 Å². The summed E-state index contributed by atoms with van der Waals surface area (Å²) in [4.78, 5) is 9.65. The smallest absolute Gasteiger partial charge is 0.151 e. The van der Waals surface area contributed by atoms with Gasteiger partial charge in [0.1, 0.15) is 17.3 Å². The number of nitrogen functional groups attached to an aromatic ring is 1. The minimum absolute atomic E-state index is 0.150. The lowest BCUT2D eigenvalue weighted by molar-refractivity contribution is 0.627. The number of halogens is 1. The van der Waals surface area contributed by atoms with Gasteiger partial charge in [-0.1, -0.05) is 12.1 Å². The Morgan fingerprint density at radius 3 is 2.56 bits per heavy atom. The lowest BCUT2D eigenvalue weighted by Crippen LogP contribution is -2.16. The SMILES string of the molecule is CN(c1cnc(C(=N)N)cn1)c1ccccc1F. The second-order valence-electron chi connectivity index (χ2n) is 3.68. The van der Waals surface area contributed by atoms with Crippen LogP contribution in [-0.4, -0.2) is 22.9 Å². The minimum atomic E-state index is -0.336. The van der Waals surface area contributed by atoms with E-state index in [0.717, 1.165) is 0 Å². The molecule has 0 bridgehead atoms. The molecule has 0 saturated carbocycles. The van der Waals surface area contributed by atoms with E-state index in [0.29, 0.717) is 17.2 Å². The molecule has 0 atom stereocenters. The number of rotatable bonds is 3. The zero-order valence-corrected chi connectivity index (χ0v) is 9.76. The average molecular weight is 245 g/mol. The van der Waals surface area contributed by atoms with Gasteiger partial charge < -0.3 is 10.6 Å². The number of nitrogens with zero attached hydrogens (tertiary/aromatic N) is 3. The first kappa shape index (κ1) is 12.0. The minimum Gasteiger partial charge on any atom is -0.382 e. The molecule has 1 aromatic heterocycles. The van der Waals surface area contributed by atoms with Crippen molar-refractivity contribution in [3.05, 3.63) is 48.2 Å². The first-order valence-corrected chi connectivity index (χ1v) is 5.24. The van der Waals surface area contributed by atoms with E-state index in [1.807, 2.05) is 0 Å². The van der Waals surface area contributed by atoms with Gasteiger partial charge in [0.25, 0.3) is 0 Å². The second kappa shape index (κ2) is 4.79. The topological polar surface area (TPSA) is 78.9 Å². The van der Waals surface area contributed by atoms with Crippen LogP contribution >= 0.6 is 0 Å². The Morgan fingerprint density at radius 2 is 2.00 bits per heavy atom. The summed E-state index contributed by atoms with van der Waals surface area (Å²) < 4.78 is 13.6. The molecule has 92 valence electrons. The summed E-state index contributed by atoms with van der Waals surface area (Å²) in [6.45, 7) is 0. The lowest BCUT2D eigenvalue weighted by Gasteiger charge is -2.18. The Morgan fingerprint density at radius 1 is 1.28 bits per heavy atom. The van der Waals surface area contributed by atoms with Crippen molar-refractivity contribution >= 4 is 17.3 Å². The van der Waals surface area contributed by atoms with Crippen LogP contribution in [0.5, 0.6) is 0 Å². The fourth-order valence-corrected chi connectivity index (χ4v) is 1.48. The van der Waals surface area contributed by atoms with Crippen LogP contribution < -0.4 is 10.6 Å². The van der Waals surface area contributed by atoms with Crippen molar-refractivity contribution < 1.29 is 4.39 Å². The molecule has 0 saturated heterocycles. The number of nitrogens with two attached hydrogens (primary N) is 1. The Bertz CT molecular complexity index is 567. The van der Waals surface area contributed by atoms with Crippen LogP contribution in [0.1, 0.15) is 5.69 Å². The highest BCUT2D eigenvalue weighted by Crippen LogP contribution is 2.23. The molecule has 6 heteroatoms. The van der Waals surface area contributed by atoms with E-state index in [-0.39, 0.29) is 11.7 Å². The Labute approximate surface area is 104 Å². The maximum Gasteiger partial charge on any atom is 0.151 e. The van der Waals surface area contributed by atoms with Crippen molar-refractivity contribution in [3.8, 4) is 0 Å². The lowest BCUT2D eigenvalue weighted by atomic mass is 10.3. The molecule has 2 rings (SSSR count). The van der Waals surface area contributed by atoms with Gasteiger partial charge in [-0.15, -0.1) is 0 Å². The standard InChI is InChI=1S/C12H12FN5/c1-18(10-5-3-2-4-8(10)13)11-7-16-9(6-17-11)12(14)15/h2-7H,1H3,(H3,14,15).